The molecule has 1 aromatic rings. The van der Waals surface area contributed by atoms with Crippen LogP contribution in [-0.4, -0.2) is 41.4 Å². The molecule has 0 saturated carbocycles. The number of urea groups is 1. The topological polar surface area (TPSA) is 78.5 Å². The van der Waals surface area contributed by atoms with Gasteiger partial charge in [-0.1, -0.05) is 66.7 Å². The van der Waals surface area contributed by atoms with Crippen LogP contribution < -0.4 is 10.6 Å². The maximum Gasteiger partial charge on any atom is 0.317 e. The van der Waals surface area contributed by atoms with Gasteiger partial charge < -0.3 is 15.5 Å². The molecule has 6 heteroatoms. The Balaban J connectivity index is 0.00000184. The Kier molecular flexibility index (Phi) is 11.9. The summed E-state index contributed by atoms with van der Waals surface area (Å²) in [6.07, 6.45) is 1.17. The van der Waals surface area contributed by atoms with Crippen molar-refractivity contribution in [3.63, 3.8) is 0 Å². The SMILES string of the molecule is CC.CC.CC(=O)C(NC(=O)NC1CCCN1C(=O)c1ccccc1)C(C)(C)C. The number of nitrogens with zero attached hydrogens (tertiary/aromatic N) is 1. The molecule has 1 heterocycles. The van der Waals surface area contributed by atoms with Crippen molar-refractivity contribution in [1.29, 1.82) is 0 Å². The van der Waals surface area contributed by atoms with Gasteiger partial charge in [-0.15, -0.1) is 0 Å². The molecule has 0 aromatic heterocycles. The molecule has 1 aromatic carbocycles. The normalized spacial score (nSPS) is 16.4. The molecule has 29 heavy (non-hydrogen) atoms. The molecule has 6 nitrogen and oxygen atoms in total. The number of hydrogen-bond acceptors (Lipinski definition) is 3. The summed E-state index contributed by atoms with van der Waals surface area (Å²) in [6.45, 7) is 15.8. The molecule has 2 rings (SSSR count). The van der Waals surface area contributed by atoms with Crippen LogP contribution >= 0.6 is 0 Å². The van der Waals surface area contributed by atoms with Crippen molar-refractivity contribution in [2.45, 2.75) is 80.4 Å². The number of hydrogen-bond donors (Lipinski definition) is 2. The second-order valence-electron chi connectivity index (χ2n) is 7.55. The molecule has 1 aliphatic rings. The monoisotopic (exact) mass is 405 g/mol. The highest BCUT2D eigenvalue weighted by molar-refractivity contribution is 5.95. The second kappa shape index (κ2) is 13.0. The summed E-state index contributed by atoms with van der Waals surface area (Å²) in [5, 5.41) is 5.58. The molecule has 1 fully saturated rings. The van der Waals surface area contributed by atoms with Crippen molar-refractivity contribution in [2.75, 3.05) is 6.54 Å². The van der Waals surface area contributed by atoms with E-state index in [1.165, 1.54) is 6.92 Å². The summed E-state index contributed by atoms with van der Waals surface area (Å²) in [4.78, 5) is 38.5. The lowest BCUT2D eigenvalue weighted by molar-refractivity contribution is -0.121. The van der Waals surface area contributed by atoms with Crippen molar-refractivity contribution in [1.82, 2.24) is 15.5 Å². The molecule has 1 saturated heterocycles. The first-order valence-corrected chi connectivity index (χ1v) is 10.6. The third-order valence-electron chi connectivity index (χ3n) is 4.38. The van der Waals surface area contributed by atoms with Crippen LogP contribution in [0.3, 0.4) is 0 Å². The van der Waals surface area contributed by atoms with Crippen LogP contribution in [0.5, 0.6) is 0 Å². The first kappa shape index (κ1) is 26.6. The Morgan fingerprint density at radius 2 is 1.59 bits per heavy atom. The third kappa shape index (κ3) is 8.26. The van der Waals surface area contributed by atoms with Crippen LogP contribution in [0.25, 0.3) is 0 Å². The van der Waals surface area contributed by atoms with Gasteiger partial charge in [0, 0.05) is 12.1 Å². The van der Waals surface area contributed by atoms with E-state index in [0.717, 1.165) is 6.42 Å². The third-order valence-corrected chi connectivity index (χ3v) is 4.38. The lowest BCUT2D eigenvalue weighted by Gasteiger charge is -2.31. The zero-order valence-electron chi connectivity index (χ0n) is 19.3. The molecule has 2 atom stereocenters. The summed E-state index contributed by atoms with van der Waals surface area (Å²) >= 11 is 0. The lowest BCUT2D eigenvalue weighted by Crippen LogP contribution is -2.56. The van der Waals surface area contributed by atoms with Crippen LogP contribution in [0.2, 0.25) is 0 Å². The van der Waals surface area contributed by atoms with Gasteiger partial charge in [-0.3, -0.25) is 9.59 Å². The Bertz CT molecular complexity index is 639. The smallest absolute Gasteiger partial charge is 0.317 e. The van der Waals surface area contributed by atoms with Crippen molar-refractivity contribution >= 4 is 17.7 Å². The summed E-state index contributed by atoms with van der Waals surface area (Å²) in [6, 6.07) is 8.03. The Morgan fingerprint density at radius 1 is 1.03 bits per heavy atom. The number of amides is 3. The average Bonchev–Trinajstić information content (AvgIpc) is 3.16. The van der Waals surface area contributed by atoms with Crippen LogP contribution in [-0.2, 0) is 4.79 Å². The van der Waals surface area contributed by atoms with Crippen LogP contribution in [0.1, 0.15) is 78.6 Å². The number of nitrogens with one attached hydrogen (secondary N) is 2. The Morgan fingerprint density at radius 3 is 2.07 bits per heavy atom. The van der Waals surface area contributed by atoms with Crippen molar-refractivity contribution in [2.24, 2.45) is 5.41 Å². The molecule has 1 aliphatic heterocycles. The minimum atomic E-state index is -0.577. The first-order chi connectivity index (χ1) is 13.7. The van der Waals surface area contributed by atoms with Gasteiger partial charge in [-0.25, -0.2) is 4.79 Å². The van der Waals surface area contributed by atoms with Gasteiger partial charge in [0.2, 0.25) is 0 Å². The molecular weight excluding hydrogens is 366 g/mol. The van der Waals surface area contributed by atoms with Gasteiger partial charge in [-0.05, 0) is 37.3 Å². The largest absolute Gasteiger partial charge is 0.328 e. The number of likely N-dealkylation sites (tertiary alicyclic amines) is 1. The van der Waals surface area contributed by atoms with E-state index in [1.54, 1.807) is 17.0 Å². The summed E-state index contributed by atoms with van der Waals surface area (Å²) in [5.74, 6) is -0.186. The average molecular weight is 406 g/mol. The van der Waals surface area contributed by atoms with E-state index < -0.39 is 12.1 Å². The summed E-state index contributed by atoms with van der Waals surface area (Å²) < 4.78 is 0. The van der Waals surface area contributed by atoms with Gasteiger partial charge in [0.15, 0.2) is 5.78 Å². The number of carbonyl (C=O) groups excluding carboxylic acids is 3. The molecule has 164 valence electrons. The minimum absolute atomic E-state index is 0.0914. The van der Waals surface area contributed by atoms with Crippen LogP contribution in [0.15, 0.2) is 30.3 Å². The van der Waals surface area contributed by atoms with E-state index in [2.05, 4.69) is 10.6 Å². The standard InChI is InChI=1S/C19H27N3O3.2C2H6/c1-13(23)16(19(2,3)4)21-18(25)20-15-11-8-12-22(15)17(24)14-9-6-5-7-10-14;2*1-2/h5-7,9-10,15-16H,8,11-12H2,1-4H3,(H2,20,21,25);2*1-2H3. The van der Waals surface area contributed by atoms with Gasteiger partial charge in [0.25, 0.3) is 5.91 Å². The number of ketones is 1. The van der Waals surface area contributed by atoms with Gasteiger partial charge in [-0.2, -0.15) is 0 Å². The zero-order chi connectivity index (χ0) is 22.6. The maximum absolute atomic E-state index is 12.6. The predicted octanol–water partition coefficient (Wildman–Crippen LogP) is 4.60. The highest BCUT2D eigenvalue weighted by atomic mass is 16.2. The van der Waals surface area contributed by atoms with E-state index in [1.807, 2.05) is 66.7 Å². The molecule has 2 unspecified atom stereocenters. The Labute approximate surface area is 176 Å². The number of benzene rings is 1. The van der Waals surface area contributed by atoms with Crippen molar-refractivity contribution in [3.05, 3.63) is 35.9 Å². The lowest BCUT2D eigenvalue weighted by atomic mass is 9.84. The summed E-state index contributed by atoms with van der Waals surface area (Å²) in [5.41, 5.74) is 0.228. The summed E-state index contributed by atoms with van der Waals surface area (Å²) in [7, 11) is 0. The number of rotatable bonds is 4. The fourth-order valence-corrected chi connectivity index (χ4v) is 3.16. The molecule has 3 amide bonds. The van der Waals surface area contributed by atoms with E-state index in [4.69, 9.17) is 0 Å². The molecular formula is C23H39N3O3. The van der Waals surface area contributed by atoms with Crippen LogP contribution in [0.4, 0.5) is 4.79 Å². The molecule has 2 N–H and O–H groups in total. The highest BCUT2D eigenvalue weighted by Gasteiger charge is 2.33. The minimum Gasteiger partial charge on any atom is -0.328 e. The van der Waals surface area contributed by atoms with E-state index in [9.17, 15) is 14.4 Å². The Hall–Kier alpha value is -2.37. The number of carbonyl (C=O) groups is 3. The van der Waals surface area contributed by atoms with E-state index >= 15 is 0 Å². The van der Waals surface area contributed by atoms with Crippen molar-refractivity contribution < 1.29 is 14.4 Å². The van der Waals surface area contributed by atoms with Gasteiger partial charge in [0.05, 0.1) is 6.04 Å². The van der Waals surface area contributed by atoms with E-state index in [-0.39, 0.29) is 23.3 Å². The molecule has 0 aliphatic carbocycles. The zero-order valence-corrected chi connectivity index (χ0v) is 19.3. The van der Waals surface area contributed by atoms with E-state index in [0.29, 0.717) is 18.5 Å². The van der Waals surface area contributed by atoms with Gasteiger partial charge in [0.1, 0.15) is 6.17 Å². The predicted molar refractivity (Wildman–Crippen MR) is 119 cm³/mol. The van der Waals surface area contributed by atoms with Crippen molar-refractivity contribution in [3.8, 4) is 0 Å². The maximum atomic E-state index is 12.6. The quantitative estimate of drug-likeness (QED) is 0.768. The molecule has 0 radical (unpaired) electrons. The number of Topliss-reactive ketones (excluding diaryl/α,β-unsaturated/α-hetero) is 1. The second-order valence-corrected chi connectivity index (χ2v) is 7.55. The molecule has 0 bridgehead atoms. The first-order valence-electron chi connectivity index (χ1n) is 10.6. The fourth-order valence-electron chi connectivity index (χ4n) is 3.16. The van der Waals surface area contributed by atoms with Crippen LogP contribution in [0, 0.1) is 5.41 Å². The van der Waals surface area contributed by atoms with Gasteiger partial charge >= 0.3 is 6.03 Å². The highest BCUT2D eigenvalue weighted by Crippen LogP contribution is 2.21. The molecule has 0 spiro atoms. The fraction of sp³-hybridized carbons (Fsp3) is 0.609.